The van der Waals surface area contributed by atoms with Gasteiger partial charge in [0, 0.05) is 41.4 Å². The minimum absolute atomic E-state index is 0. The van der Waals surface area contributed by atoms with E-state index in [0.717, 1.165) is 28.7 Å². The van der Waals surface area contributed by atoms with E-state index in [1.165, 1.54) is 18.3 Å². The number of fused-ring (bicyclic) bond motifs is 4. The average Bonchev–Trinajstić information content (AvgIpc) is 3.19. The number of methoxy groups -OCH3 is 1. The fraction of sp³-hybridized carbons (Fsp3) is 0.281. The molecule has 1 aromatic heterocycles. The van der Waals surface area contributed by atoms with Crippen molar-refractivity contribution < 1.29 is 33.7 Å². The Morgan fingerprint density at radius 2 is 1.95 bits per heavy atom. The number of amides is 1. The Bertz CT molecular complexity index is 1710. The Morgan fingerprint density at radius 3 is 2.75 bits per heavy atom. The van der Waals surface area contributed by atoms with E-state index in [-0.39, 0.29) is 22.7 Å². The van der Waals surface area contributed by atoms with E-state index in [1.54, 1.807) is 27.4 Å². The molecule has 0 bridgehead atoms. The van der Waals surface area contributed by atoms with Gasteiger partial charge in [-0.3, -0.25) is 19.3 Å². The molecule has 1 amide bonds. The number of aromatic nitrogens is 1. The summed E-state index contributed by atoms with van der Waals surface area (Å²) in [6.07, 6.45) is 7.18. The second kappa shape index (κ2) is 13.0. The monoisotopic (exact) mass is 621 g/mol. The third kappa shape index (κ3) is 5.46. The molecule has 3 aliphatic rings. The molecule has 3 aromatic rings. The number of nitrogens with zero attached hydrogens (tertiary/aromatic N) is 3. The molecule has 2 aromatic carbocycles. The van der Waals surface area contributed by atoms with Gasteiger partial charge < -0.3 is 24.6 Å². The number of rotatable bonds is 5. The molecule has 3 aliphatic heterocycles. The molecule has 2 N–H and O–H groups in total. The number of halogens is 1. The summed E-state index contributed by atoms with van der Waals surface area (Å²) in [6, 6.07) is 13.6. The van der Waals surface area contributed by atoms with Crippen molar-refractivity contribution in [2.75, 3.05) is 25.5 Å². The van der Waals surface area contributed by atoms with Crippen LogP contribution in [-0.4, -0.2) is 53.7 Å². The molecule has 2 atom stereocenters. The van der Waals surface area contributed by atoms with E-state index < -0.39 is 36.5 Å². The van der Waals surface area contributed by atoms with Crippen molar-refractivity contribution in [2.24, 2.45) is 0 Å². The third-order valence-electron chi connectivity index (χ3n) is 7.88. The molecule has 1 unspecified atom stereocenters. The lowest BCUT2D eigenvalue weighted by atomic mass is 9.91. The van der Waals surface area contributed by atoms with Gasteiger partial charge in [-0.1, -0.05) is 54.1 Å². The van der Waals surface area contributed by atoms with Crippen LogP contribution in [-0.2, 0) is 15.2 Å². The van der Waals surface area contributed by atoms with E-state index in [0.29, 0.717) is 30.7 Å². The lowest BCUT2D eigenvalue weighted by Crippen LogP contribution is -2.64. The number of hydrogen-bond donors (Lipinski definition) is 0. The van der Waals surface area contributed by atoms with Crippen molar-refractivity contribution in [3.63, 3.8) is 0 Å². The van der Waals surface area contributed by atoms with Crippen LogP contribution in [0, 0.1) is 5.82 Å². The maximum absolute atomic E-state index is 16.0. The smallest absolute Gasteiger partial charge is 0.451 e. The van der Waals surface area contributed by atoms with E-state index in [2.05, 4.69) is 10.8 Å². The van der Waals surface area contributed by atoms with Gasteiger partial charge in [0.1, 0.15) is 18.0 Å². The van der Waals surface area contributed by atoms with Gasteiger partial charge in [0.15, 0.2) is 5.69 Å². The highest BCUT2D eigenvalue weighted by molar-refractivity contribution is 7.98. The van der Waals surface area contributed by atoms with E-state index in [4.69, 9.17) is 9.47 Å². The van der Waals surface area contributed by atoms with Crippen LogP contribution in [0.5, 0.6) is 5.75 Å². The molecule has 12 heteroatoms. The van der Waals surface area contributed by atoms with Crippen LogP contribution in [0.2, 0.25) is 0 Å². The number of ether oxygens (including phenoxy) is 3. The van der Waals surface area contributed by atoms with Crippen LogP contribution in [0.15, 0.2) is 88.2 Å². The first-order chi connectivity index (χ1) is 20.9. The summed E-state index contributed by atoms with van der Waals surface area (Å²) >= 11 is 1.63. The summed E-state index contributed by atoms with van der Waals surface area (Å²) in [7, 11) is 1.15. The molecule has 6 rings (SSSR count). The van der Waals surface area contributed by atoms with Crippen LogP contribution in [0.4, 0.5) is 9.18 Å². The van der Waals surface area contributed by atoms with E-state index in [9.17, 15) is 14.4 Å². The molecular formula is C32H32FN3O7S. The van der Waals surface area contributed by atoms with Crippen molar-refractivity contribution in [3.05, 3.63) is 117 Å². The first kappa shape index (κ1) is 30.9. The molecule has 4 heterocycles. The molecule has 0 spiro atoms. The molecule has 1 fully saturated rings. The zero-order valence-corrected chi connectivity index (χ0v) is 25.0. The Balaban J connectivity index is 0.00000384. The molecular weight excluding hydrogens is 589 g/mol. The molecule has 44 heavy (non-hydrogen) atoms. The van der Waals surface area contributed by atoms with Crippen molar-refractivity contribution in [1.82, 2.24) is 9.58 Å². The summed E-state index contributed by atoms with van der Waals surface area (Å²) < 4.78 is 32.6. The van der Waals surface area contributed by atoms with Crippen LogP contribution in [0.25, 0.3) is 0 Å². The van der Waals surface area contributed by atoms with Crippen molar-refractivity contribution in [1.29, 1.82) is 0 Å². The molecule has 1 saturated heterocycles. The second-order valence-electron chi connectivity index (χ2n) is 10.3. The maximum atomic E-state index is 16.0. The van der Waals surface area contributed by atoms with Gasteiger partial charge >= 0.3 is 6.16 Å². The number of carbonyl (C=O) groups is 2. The predicted molar refractivity (Wildman–Crippen MR) is 163 cm³/mol. The van der Waals surface area contributed by atoms with E-state index >= 15 is 4.39 Å². The summed E-state index contributed by atoms with van der Waals surface area (Å²) in [5.41, 5.74) is 2.82. The fourth-order valence-electron chi connectivity index (χ4n) is 5.96. The summed E-state index contributed by atoms with van der Waals surface area (Å²) in [5, 5.41) is 1.99. The molecule has 230 valence electrons. The highest BCUT2D eigenvalue weighted by Crippen LogP contribution is 2.46. The van der Waals surface area contributed by atoms with Gasteiger partial charge in [-0.25, -0.2) is 9.18 Å². The molecule has 0 aliphatic carbocycles. The quantitative estimate of drug-likeness (QED) is 0.297. The van der Waals surface area contributed by atoms with Gasteiger partial charge in [-0.05, 0) is 36.6 Å². The normalized spacial score (nSPS) is 19.7. The zero-order valence-electron chi connectivity index (χ0n) is 24.2. The standard InChI is InChI=1S/C32H30FN3O6S.H2O/c1-3-4-8-20-13-15-34-26(17-20)36(35-16-14-24(37)30(29(35)31(34)38)41-19-42-32(39)40-2)28-22-10-5-6-12-25(22)43-18-21-9-7-11-23(33)27(21)28;/h3-12,14,16,26,28H,13,15,17-19H2,1-2H3;1H2/b4-3-,20-8-;/t26-,28?;/m1./s1. The van der Waals surface area contributed by atoms with Crippen molar-refractivity contribution in [3.8, 4) is 5.75 Å². The first-order valence-electron chi connectivity index (χ1n) is 13.9. The minimum Gasteiger partial charge on any atom is -0.451 e. The molecule has 10 nitrogen and oxygen atoms in total. The first-order valence-corrected chi connectivity index (χ1v) is 14.9. The van der Waals surface area contributed by atoms with Crippen LogP contribution >= 0.6 is 11.8 Å². The number of thioether (sulfide) groups is 1. The third-order valence-corrected chi connectivity index (χ3v) is 9.02. The molecule has 0 saturated carbocycles. The number of pyridine rings is 1. The van der Waals surface area contributed by atoms with Gasteiger partial charge in [-0.15, -0.1) is 11.8 Å². The lowest BCUT2D eigenvalue weighted by molar-refractivity contribution is 0.0128. The highest BCUT2D eigenvalue weighted by Gasteiger charge is 2.46. The van der Waals surface area contributed by atoms with Crippen molar-refractivity contribution >= 4 is 23.8 Å². The number of allylic oxidation sites excluding steroid dienone is 3. The predicted octanol–water partition coefficient (Wildman–Crippen LogP) is 4.69. The Kier molecular flexibility index (Phi) is 9.12. The Hall–Kier alpha value is -4.55. The van der Waals surface area contributed by atoms with E-state index in [1.807, 2.05) is 54.4 Å². The number of carbonyl (C=O) groups excluding carboxylic acids is 2. The number of hydrogen-bond acceptors (Lipinski definition) is 8. The van der Waals surface area contributed by atoms with Gasteiger partial charge in [0.25, 0.3) is 5.91 Å². The van der Waals surface area contributed by atoms with Crippen LogP contribution in [0.1, 0.15) is 53.0 Å². The Labute approximate surface area is 257 Å². The molecule has 0 radical (unpaired) electrons. The second-order valence-corrected chi connectivity index (χ2v) is 11.3. The summed E-state index contributed by atoms with van der Waals surface area (Å²) in [5.74, 6) is -0.443. The number of piperidine rings is 1. The zero-order chi connectivity index (χ0) is 30.1. The van der Waals surface area contributed by atoms with Gasteiger partial charge in [-0.2, -0.15) is 0 Å². The number of benzene rings is 2. The van der Waals surface area contributed by atoms with Gasteiger partial charge in [0.2, 0.25) is 18.0 Å². The SMILES string of the molecule is C/C=C\C=C1\CCN2C(=O)c3c(OCOC(=O)OC)c(=O)ccn3N(C3c4ccccc4SCc4cccc(F)c43)[C@@H]2C1.O. The van der Waals surface area contributed by atoms with Gasteiger partial charge in [0.05, 0.1) is 7.11 Å². The summed E-state index contributed by atoms with van der Waals surface area (Å²) in [4.78, 5) is 41.6. The summed E-state index contributed by atoms with van der Waals surface area (Å²) in [6.45, 7) is 1.70. The minimum atomic E-state index is -0.992. The fourth-order valence-corrected chi connectivity index (χ4v) is 7.05. The lowest BCUT2D eigenvalue weighted by Gasteiger charge is -2.52. The average molecular weight is 622 g/mol. The maximum Gasteiger partial charge on any atom is 0.510 e. The largest absolute Gasteiger partial charge is 0.510 e. The highest BCUT2D eigenvalue weighted by atomic mass is 32.2. The topological polar surface area (TPSA) is 122 Å². The Morgan fingerprint density at radius 1 is 1.14 bits per heavy atom. The van der Waals surface area contributed by atoms with Crippen LogP contribution < -0.4 is 15.2 Å². The van der Waals surface area contributed by atoms with Crippen molar-refractivity contribution in [2.45, 2.75) is 42.6 Å². The van der Waals surface area contributed by atoms with Crippen LogP contribution in [0.3, 0.4) is 0 Å².